The molecule has 146 valence electrons. The Morgan fingerprint density at radius 1 is 1.00 bits per heavy atom. The van der Waals surface area contributed by atoms with Crippen molar-refractivity contribution in [2.24, 2.45) is 0 Å². The maximum Gasteiger partial charge on any atom is 0.349 e. The molecular weight excluding hydrogens is 384 g/mol. The minimum absolute atomic E-state index is 0.0457. The monoisotopic (exact) mass is 402 g/mol. The fraction of sp³-hybridized carbons (Fsp3) is 0.158. The summed E-state index contributed by atoms with van der Waals surface area (Å²) in [7, 11) is -2.64. The van der Waals surface area contributed by atoms with Gasteiger partial charge in [-0.3, -0.25) is 4.79 Å². The van der Waals surface area contributed by atoms with E-state index < -0.39 is 28.2 Å². The lowest BCUT2D eigenvalue weighted by Gasteiger charge is -2.09. The van der Waals surface area contributed by atoms with Gasteiger partial charge in [-0.05, 0) is 31.2 Å². The maximum absolute atomic E-state index is 12.7. The van der Waals surface area contributed by atoms with Crippen LogP contribution in [0, 0.1) is 6.92 Å². The van der Waals surface area contributed by atoms with Gasteiger partial charge in [0.1, 0.15) is 0 Å². The third kappa shape index (κ3) is 3.70. The van der Waals surface area contributed by atoms with Crippen molar-refractivity contribution in [3.63, 3.8) is 0 Å². The molecule has 3 rings (SSSR count). The smallest absolute Gasteiger partial charge is 0.349 e. The normalized spacial score (nSPS) is 11.2. The van der Waals surface area contributed by atoms with Crippen LogP contribution in [0.15, 0.2) is 70.6 Å². The van der Waals surface area contributed by atoms with Crippen LogP contribution in [0.4, 0.5) is 0 Å². The Labute approximate surface area is 161 Å². The molecule has 0 unspecified atom stereocenters. The van der Waals surface area contributed by atoms with E-state index in [1.807, 2.05) is 6.92 Å². The molecule has 0 radical (unpaired) electrons. The van der Waals surface area contributed by atoms with Gasteiger partial charge in [0, 0.05) is 12.4 Å². The number of hydrogen-bond donors (Lipinski definition) is 0. The standard InChI is InChI=1S/C19H18N2O6S/c1-14-7-9-15(10-8-14)28(24,25)21-12-11-20(19(21)23)18(22)13-27-17-6-4-3-5-16(17)26-2/h3-12H,13H2,1-2H3. The summed E-state index contributed by atoms with van der Waals surface area (Å²) in [5.41, 5.74) is -0.110. The number of aryl methyl sites for hydroxylation is 1. The number of hydrogen-bond acceptors (Lipinski definition) is 6. The van der Waals surface area contributed by atoms with Crippen LogP contribution in [0.1, 0.15) is 10.4 Å². The number of para-hydroxylation sites is 2. The molecule has 0 bridgehead atoms. The van der Waals surface area contributed by atoms with Crippen molar-refractivity contribution in [3.8, 4) is 11.5 Å². The van der Waals surface area contributed by atoms with Crippen molar-refractivity contribution < 1.29 is 22.7 Å². The van der Waals surface area contributed by atoms with Crippen molar-refractivity contribution in [1.29, 1.82) is 0 Å². The fourth-order valence-corrected chi connectivity index (χ4v) is 3.72. The first-order valence-corrected chi connectivity index (χ1v) is 9.70. The Hall–Kier alpha value is -3.33. The molecule has 1 heterocycles. The van der Waals surface area contributed by atoms with Crippen LogP contribution in [-0.2, 0) is 10.0 Å². The summed E-state index contributed by atoms with van der Waals surface area (Å²) >= 11 is 0. The van der Waals surface area contributed by atoms with Gasteiger partial charge < -0.3 is 9.47 Å². The zero-order chi connectivity index (χ0) is 20.3. The van der Waals surface area contributed by atoms with Crippen molar-refractivity contribution in [2.45, 2.75) is 11.8 Å². The van der Waals surface area contributed by atoms with E-state index in [-0.39, 0.29) is 4.90 Å². The number of methoxy groups -OCH3 is 1. The maximum atomic E-state index is 12.7. The van der Waals surface area contributed by atoms with Crippen molar-refractivity contribution >= 4 is 15.9 Å². The molecule has 0 spiro atoms. The Morgan fingerprint density at radius 3 is 2.29 bits per heavy atom. The first-order chi connectivity index (χ1) is 13.3. The third-order valence-electron chi connectivity index (χ3n) is 4.01. The lowest BCUT2D eigenvalue weighted by atomic mass is 10.2. The Bertz CT molecular complexity index is 1160. The largest absolute Gasteiger partial charge is 0.493 e. The summed E-state index contributed by atoms with van der Waals surface area (Å²) in [6, 6.07) is 12.8. The Kier molecular flexibility index (Phi) is 5.36. The molecule has 0 fully saturated rings. The molecule has 0 amide bonds. The quantitative estimate of drug-likeness (QED) is 0.625. The number of rotatable bonds is 6. The molecule has 0 aliphatic heterocycles. The van der Waals surface area contributed by atoms with E-state index >= 15 is 0 Å². The Balaban J connectivity index is 1.83. The van der Waals surface area contributed by atoms with Crippen LogP contribution < -0.4 is 15.2 Å². The van der Waals surface area contributed by atoms with Gasteiger partial charge in [0.25, 0.3) is 15.9 Å². The number of nitrogens with zero attached hydrogens (tertiary/aromatic N) is 2. The number of imidazole rings is 1. The molecule has 0 aliphatic carbocycles. The van der Waals surface area contributed by atoms with Crippen molar-refractivity contribution in [1.82, 2.24) is 8.54 Å². The first kappa shape index (κ1) is 19.4. The molecule has 2 aromatic carbocycles. The topological polar surface area (TPSA) is 96.6 Å². The average molecular weight is 402 g/mol. The molecule has 3 aromatic rings. The number of carbonyl (C=O) groups is 1. The molecule has 0 atom stereocenters. The molecule has 1 aromatic heterocycles. The van der Waals surface area contributed by atoms with E-state index in [9.17, 15) is 18.0 Å². The number of aromatic nitrogens is 2. The summed E-state index contributed by atoms with van der Waals surface area (Å²) < 4.78 is 37.1. The van der Waals surface area contributed by atoms with Crippen LogP contribution in [0.5, 0.6) is 11.5 Å². The molecule has 9 heteroatoms. The van der Waals surface area contributed by atoms with E-state index in [2.05, 4.69) is 0 Å². The summed E-state index contributed by atoms with van der Waals surface area (Å²) in [4.78, 5) is 24.8. The second-order valence-electron chi connectivity index (χ2n) is 5.90. The highest BCUT2D eigenvalue weighted by atomic mass is 32.2. The predicted octanol–water partition coefficient (Wildman–Crippen LogP) is 1.92. The zero-order valence-electron chi connectivity index (χ0n) is 15.2. The van der Waals surface area contributed by atoms with E-state index in [1.54, 1.807) is 36.4 Å². The lowest BCUT2D eigenvalue weighted by molar-refractivity contribution is 0.0831. The number of ether oxygens (including phenoxy) is 2. The van der Waals surface area contributed by atoms with Crippen LogP contribution in [0.3, 0.4) is 0 Å². The van der Waals surface area contributed by atoms with Gasteiger partial charge in [0.15, 0.2) is 18.1 Å². The van der Waals surface area contributed by atoms with E-state index in [0.717, 1.165) is 18.0 Å². The number of carbonyl (C=O) groups excluding carboxylic acids is 1. The van der Waals surface area contributed by atoms with Crippen LogP contribution in [0.2, 0.25) is 0 Å². The van der Waals surface area contributed by atoms with Gasteiger partial charge >= 0.3 is 5.69 Å². The predicted molar refractivity (Wildman–Crippen MR) is 102 cm³/mol. The molecule has 0 saturated heterocycles. The summed E-state index contributed by atoms with van der Waals surface area (Å²) in [5, 5.41) is 0. The summed E-state index contributed by atoms with van der Waals surface area (Å²) in [6.45, 7) is 1.36. The average Bonchev–Trinajstić information content (AvgIpc) is 3.09. The van der Waals surface area contributed by atoms with Crippen molar-refractivity contribution in [2.75, 3.05) is 13.7 Å². The highest BCUT2D eigenvalue weighted by molar-refractivity contribution is 7.90. The van der Waals surface area contributed by atoms with Gasteiger partial charge in [0.2, 0.25) is 0 Å². The van der Waals surface area contributed by atoms with Gasteiger partial charge in [-0.1, -0.05) is 29.8 Å². The van der Waals surface area contributed by atoms with E-state index in [0.29, 0.717) is 20.0 Å². The highest BCUT2D eigenvalue weighted by Crippen LogP contribution is 2.25. The molecule has 8 nitrogen and oxygen atoms in total. The minimum Gasteiger partial charge on any atom is -0.493 e. The fourth-order valence-electron chi connectivity index (χ4n) is 2.50. The second kappa shape index (κ2) is 7.73. The minimum atomic E-state index is -4.11. The zero-order valence-corrected chi connectivity index (χ0v) is 16.0. The molecule has 0 aliphatic rings. The van der Waals surface area contributed by atoms with Crippen molar-refractivity contribution in [3.05, 3.63) is 77.0 Å². The second-order valence-corrected chi connectivity index (χ2v) is 7.71. The molecular formula is C19H18N2O6S. The van der Waals surface area contributed by atoms with E-state index in [4.69, 9.17) is 9.47 Å². The van der Waals surface area contributed by atoms with Gasteiger partial charge in [-0.15, -0.1) is 0 Å². The number of benzene rings is 2. The van der Waals surface area contributed by atoms with E-state index in [1.165, 1.54) is 19.2 Å². The lowest BCUT2D eigenvalue weighted by Crippen LogP contribution is -2.34. The van der Waals surface area contributed by atoms with Gasteiger partial charge in [-0.2, -0.15) is 3.97 Å². The molecule has 0 N–H and O–H groups in total. The van der Waals surface area contributed by atoms with Gasteiger partial charge in [0.05, 0.1) is 12.0 Å². The molecule has 28 heavy (non-hydrogen) atoms. The van der Waals surface area contributed by atoms with Crippen LogP contribution >= 0.6 is 0 Å². The first-order valence-electron chi connectivity index (χ1n) is 8.26. The highest BCUT2D eigenvalue weighted by Gasteiger charge is 2.22. The van der Waals surface area contributed by atoms with Gasteiger partial charge in [-0.25, -0.2) is 17.8 Å². The Morgan fingerprint density at radius 2 is 1.64 bits per heavy atom. The SMILES string of the molecule is COc1ccccc1OCC(=O)n1ccn(S(=O)(=O)c2ccc(C)cc2)c1=O. The van der Waals surface area contributed by atoms with Crippen LogP contribution in [-0.4, -0.2) is 36.6 Å². The third-order valence-corrected chi connectivity index (χ3v) is 5.68. The van der Waals surface area contributed by atoms with Crippen LogP contribution in [0.25, 0.3) is 0 Å². The summed E-state index contributed by atoms with van der Waals surface area (Å²) in [6.07, 6.45) is 2.14. The summed E-state index contributed by atoms with van der Waals surface area (Å²) in [5.74, 6) is 0.0500. The molecule has 0 saturated carbocycles.